The van der Waals surface area contributed by atoms with E-state index in [-0.39, 0.29) is 5.75 Å². The molecule has 4 aromatic rings. The van der Waals surface area contributed by atoms with Gasteiger partial charge in [0.15, 0.2) is 0 Å². The van der Waals surface area contributed by atoms with E-state index < -0.39 is 9.84 Å². The molecule has 0 saturated carbocycles. The van der Waals surface area contributed by atoms with Crippen molar-refractivity contribution in [3.05, 3.63) is 89.6 Å². The lowest BCUT2D eigenvalue weighted by atomic mass is 9.97. The van der Waals surface area contributed by atoms with Crippen LogP contribution in [0.4, 0.5) is 11.4 Å². The predicted octanol–water partition coefficient (Wildman–Crippen LogP) is 5.36. The average molecular weight is 472 g/mol. The smallest absolute Gasteiger partial charge is 0.148 e. The molecular weight excluding hydrogens is 442 g/mol. The molecule has 0 spiro atoms. The summed E-state index contributed by atoms with van der Waals surface area (Å²) in [6, 6.07) is 23.2. The van der Waals surface area contributed by atoms with Gasteiger partial charge in [-0.2, -0.15) is 0 Å². The molecule has 2 heterocycles. The molecule has 0 bridgehead atoms. The lowest BCUT2D eigenvalue weighted by Gasteiger charge is -2.30. The molecule has 0 aliphatic carbocycles. The Morgan fingerprint density at radius 2 is 1.82 bits per heavy atom. The summed E-state index contributed by atoms with van der Waals surface area (Å²) in [6.07, 6.45) is 4.14. The van der Waals surface area contributed by atoms with Gasteiger partial charge in [-0.1, -0.05) is 42.5 Å². The van der Waals surface area contributed by atoms with E-state index in [1.165, 1.54) is 28.3 Å². The second-order valence-corrected chi connectivity index (χ2v) is 11.4. The zero-order chi connectivity index (χ0) is 23.7. The number of nitrogens with one attached hydrogen (secondary N) is 1. The topological polar surface area (TPSA) is 62.3 Å². The summed E-state index contributed by atoms with van der Waals surface area (Å²) in [6.45, 7) is 4.34. The quantitative estimate of drug-likeness (QED) is 0.410. The van der Waals surface area contributed by atoms with E-state index >= 15 is 0 Å². The van der Waals surface area contributed by atoms with Crippen molar-refractivity contribution in [3.8, 4) is 11.3 Å². The molecule has 1 aliphatic rings. The zero-order valence-corrected chi connectivity index (χ0v) is 20.4. The summed E-state index contributed by atoms with van der Waals surface area (Å²) >= 11 is 0. The first kappa shape index (κ1) is 22.6. The zero-order valence-electron chi connectivity index (χ0n) is 19.6. The molecule has 0 radical (unpaired) electrons. The number of hydrogen-bond donors (Lipinski definition) is 1. The van der Waals surface area contributed by atoms with E-state index in [0.29, 0.717) is 6.54 Å². The van der Waals surface area contributed by atoms with Crippen molar-refractivity contribution >= 4 is 32.0 Å². The summed E-state index contributed by atoms with van der Waals surface area (Å²) < 4.78 is 23.1. The number of hydrogen-bond acceptors (Lipinski definition) is 5. The maximum absolute atomic E-state index is 11.6. The molecule has 0 saturated heterocycles. The first-order valence-corrected chi connectivity index (χ1v) is 13.7. The van der Waals surface area contributed by atoms with Crippen LogP contribution in [-0.4, -0.2) is 43.4 Å². The molecular formula is C28H29N3O2S. The third-order valence-corrected chi connectivity index (χ3v) is 7.47. The summed E-state index contributed by atoms with van der Waals surface area (Å²) in [4.78, 5) is 6.95. The monoisotopic (exact) mass is 471 g/mol. The Morgan fingerprint density at radius 3 is 2.65 bits per heavy atom. The Labute approximate surface area is 201 Å². The highest BCUT2D eigenvalue weighted by atomic mass is 32.2. The minimum absolute atomic E-state index is 0.204. The molecule has 5 nitrogen and oxygen atoms in total. The second-order valence-electron chi connectivity index (χ2n) is 9.17. The van der Waals surface area contributed by atoms with Crippen molar-refractivity contribution in [2.45, 2.75) is 19.9 Å². The van der Waals surface area contributed by atoms with Crippen LogP contribution in [0.25, 0.3) is 22.0 Å². The fourth-order valence-corrected chi connectivity index (χ4v) is 5.22. The highest BCUT2D eigenvalue weighted by Crippen LogP contribution is 2.32. The fourth-order valence-electron chi connectivity index (χ4n) is 4.63. The van der Waals surface area contributed by atoms with Crippen molar-refractivity contribution < 1.29 is 8.42 Å². The van der Waals surface area contributed by atoms with Gasteiger partial charge in [-0.05, 0) is 59.7 Å². The minimum atomic E-state index is -2.95. The number of aryl methyl sites for hydroxylation is 1. The normalized spacial score (nSPS) is 14.2. The van der Waals surface area contributed by atoms with Crippen LogP contribution in [0.2, 0.25) is 0 Å². The summed E-state index contributed by atoms with van der Waals surface area (Å²) in [7, 11) is -2.95. The van der Waals surface area contributed by atoms with Gasteiger partial charge in [0.2, 0.25) is 0 Å². The Hall–Kier alpha value is -3.22. The Bertz CT molecular complexity index is 1460. The molecule has 1 aliphatic heterocycles. The van der Waals surface area contributed by atoms with E-state index in [4.69, 9.17) is 4.98 Å². The van der Waals surface area contributed by atoms with E-state index in [1.54, 1.807) is 0 Å². The maximum Gasteiger partial charge on any atom is 0.148 e. The number of aromatic nitrogens is 1. The molecule has 174 valence electrons. The lowest BCUT2D eigenvalue weighted by molar-refractivity contribution is 0.269. The summed E-state index contributed by atoms with van der Waals surface area (Å²) in [5, 5.41) is 5.96. The van der Waals surface area contributed by atoms with Gasteiger partial charge in [0.05, 0.1) is 11.4 Å². The number of nitrogens with zero attached hydrogens (tertiary/aromatic N) is 2. The molecule has 5 rings (SSSR count). The van der Waals surface area contributed by atoms with Gasteiger partial charge in [0.25, 0.3) is 0 Å². The number of sulfone groups is 1. The van der Waals surface area contributed by atoms with Crippen LogP contribution < -0.4 is 5.32 Å². The van der Waals surface area contributed by atoms with Gasteiger partial charge in [-0.3, -0.25) is 9.88 Å². The molecule has 1 aromatic heterocycles. The van der Waals surface area contributed by atoms with Crippen molar-refractivity contribution in [2.75, 3.05) is 30.4 Å². The van der Waals surface area contributed by atoms with Crippen molar-refractivity contribution in [1.29, 1.82) is 0 Å². The van der Waals surface area contributed by atoms with Crippen LogP contribution in [0.3, 0.4) is 0 Å². The van der Waals surface area contributed by atoms with Gasteiger partial charge >= 0.3 is 0 Å². The van der Waals surface area contributed by atoms with Crippen LogP contribution in [0.15, 0.2) is 72.9 Å². The highest BCUT2D eigenvalue weighted by Gasteiger charge is 2.20. The van der Waals surface area contributed by atoms with E-state index in [2.05, 4.69) is 77.8 Å². The minimum Gasteiger partial charge on any atom is -0.355 e. The number of fused-ring (bicyclic) bond motifs is 2. The molecule has 0 amide bonds. The summed E-state index contributed by atoms with van der Waals surface area (Å²) in [5.41, 5.74) is 7.98. The van der Waals surface area contributed by atoms with Gasteiger partial charge in [0, 0.05) is 54.4 Å². The molecule has 1 N–H and O–H groups in total. The van der Waals surface area contributed by atoms with Gasteiger partial charge in [-0.25, -0.2) is 8.42 Å². The largest absolute Gasteiger partial charge is 0.355 e. The van der Waals surface area contributed by atoms with Crippen molar-refractivity contribution in [1.82, 2.24) is 9.88 Å². The van der Waals surface area contributed by atoms with Crippen LogP contribution in [-0.2, 0) is 22.8 Å². The van der Waals surface area contributed by atoms with E-state index in [0.717, 1.165) is 47.5 Å². The van der Waals surface area contributed by atoms with Crippen LogP contribution in [0.5, 0.6) is 0 Å². The van der Waals surface area contributed by atoms with E-state index in [9.17, 15) is 8.42 Å². The molecule has 3 aromatic carbocycles. The number of anilines is 2. The van der Waals surface area contributed by atoms with Crippen molar-refractivity contribution in [2.24, 2.45) is 0 Å². The SMILES string of the molecule is Cc1ccc(Nc2cccc3c2CCN(CCS(C)(=O)=O)C3)cc1-c1cc2ccccc2cn1. The second kappa shape index (κ2) is 9.20. The Kier molecular flexibility index (Phi) is 6.11. The molecule has 34 heavy (non-hydrogen) atoms. The molecule has 0 atom stereocenters. The lowest BCUT2D eigenvalue weighted by Crippen LogP contribution is -2.34. The van der Waals surface area contributed by atoms with Crippen LogP contribution in [0.1, 0.15) is 16.7 Å². The van der Waals surface area contributed by atoms with E-state index in [1.807, 2.05) is 12.3 Å². The van der Waals surface area contributed by atoms with Gasteiger partial charge < -0.3 is 5.32 Å². The number of pyridine rings is 1. The van der Waals surface area contributed by atoms with Gasteiger partial charge in [-0.15, -0.1) is 0 Å². The third-order valence-electron chi connectivity index (χ3n) is 6.55. The number of rotatable bonds is 6. The molecule has 0 fully saturated rings. The average Bonchev–Trinajstić information content (AvgIpc) is 2.83. The molecule has 0 unspecified atom stereocenters. The van der Waals surface area contributed by atoms with Gasteiger partial charge in [0.1, 0.15) is 9.84 Å². The predicted molar refractivity (Wildman–Crippen MR) is 140 cm³/mol. The van der Waals surface area contributed by atoms with Crippen LogP contribution >= 0.6 is 0 Å². The Balaban J connectivity index is 1.39. The third kappa shape index (κ3) is 4.98. The Morgan fingerprint density at radius 1 is 1.00 bits per heavy atom. The number of benzene rings is 3. The fraction of sp³-hybridized carbons (Fsp3) is 0.250. The van der Waals surface area contributed by atoms with Crippen molar-refractivity contribution in [3.63, 3.8) is 0 Å². The first-order valence-electron chi connectivity index (χ1n) is 11.6. The summed E-state index contributed by atoms with van der Waals surface area (Å²) in [5.74, 6) is 0.204. The molecule has 6 heteroatoms. The van der Waals surface area contributed by atoms with Crippen LogP contribution in [0, 0.1) is 6.92 Å². The maximum atomic E-state index is 11.6. The first-order chi connectivity index (χ1) is 16.4. The highest BCUT2D eigenvalue weighted by molar-refractivity contribution is 7.90. The standard InChI is InChI=1S/C28H29N3O2S/c1-20-10-11-24(17-26(20)28-16-21-6-3-4-7-22(21)18-29-28)30-27-9-5-8-23-19-31(13-12-25(23)27)14-15-34(2,32)33/h3-11,16-18,30H,12-15,19H2,1-2H3.